The molecule has 2 rings (SSSR count). The molecule has 0 atom stereocenters. The summed E-state index contributed by atoms with van der Waals surface area (Å²) in [4.78, 5) is 4.31. The molecular formula is C15H20FN3O. The summed E-state index contributed by atoms with van der Waals surface area (Å²) < 4.78 is 18.4. The molecule has 0 aliphatic heterocycles. The van der Waals surface area contributed by atoms with E-state index in [1.165, 1.54) is 12.1 Å². The monoisotopic (exact) mass is 277 g/mol. The molecule has 20 heavy (non-hydrogen) atoms. The maximum atomic E-state index is 13.2. The number of halogens is 1. The third kappa shape index (κ3) is 3.87. The van der Waals surface area contributed by atoms with Crippen LogP contribution in [0.5, 0.6) is 0 Å². The molecule has 0 aliphatic carbocycles. The number of aryl methyl sites for hydroxylation is 1. The number of nitrogens with two attached hydrogens (primary N) is 1. The molecule has 0 saturated carbocycles. The van der Waals surface area contributed by atoms with E-state index in [9.17, 15) is 4.39 Å². The number of rotatable bonds is 6. The Morgan fingerprint density at radius 2 is 2.10 bits per heavy atom. The van der Waals surface area contributed by atoms with Crippen LogP contribution in [-0.4, -0.2) is 16.7 Å². The highest BCUT2D eigenvalue weighted by Gasteiger charge is 2.18. The van der Waals surface area contributed by atoms with Gasteiger partial charge < -0.3 is 10.3 Å². The van der Waals surface area contributed by atoms with Crippen molar-refractivity contribution in [1.82, 2.24) is 10.1 Å². The highest BCUT2D eigenvalue weighted by Crippen LogP contribution is 2.26. The molecular weight excluding hydrogens is 257 g/mol. The summed E-state index contributed by atoms with van der Waals surface area (Å²) in [6.45, 7) is 5.01. The number of benzene rings is 1. The third-order valence-corrected chi connectivity index (χ3v) is 3.39. The van der Waals surface area contributed by atoms with E-state index in [2.05, 4.69) is 24.0 Å². The molecule has 0 spiro atoms. The van der Waals surface area contributed by atoms with E-state index in [-0.39, 0.29) is 11.2 Å². The topological polar surface area (TPSA) is 64.9 Å². The normalized spacial score (nSPS) is 11.8. The number of hydrogen-bond donors (Lipinski definition) is 1. The average molecular weight is 277 g/mol. The standard InChI is InChI=1S/C15H20FN3O/c1-15(2,8-9-17)7-6-13-18-14(19-20-13)11-4-3-5-12(16)10-11/h3-5,10H,6-9,17H2,1-2H3. The van der Waals surface area contributed by atoms with Gasteiger partial charge in [-0.25, -0.2) is 4.39 Å². The van der Waals surface area contributed by atoms with Crippen molar-refractivity contribution in [2.75, 3.05) is 6.54 Å². The minimum Gasteiger partial charge on any atom is -0.339 e. The average Bonchev–Trinajstić information content (AvgIpc) is 2.85. The highest BCUT2D eigenvalue weighted by molar-refractivity contribution is 5.53. The molecule has 0 bridgehead atoms. The maximum absolute atomic E-state index is 13.2. The Morgan fingerprint density at radius 3 is 2.80 bits per heavy atom. The van der Waals surface area contributed by atoms with Gasteiger partial charge in [0.05, 0.1) is 0 Å². The first-order chi connectivity index (χ1) is 9.50. The molecule has 108 valence electrons. The molecule has 4 nitrogen and oxygen atoms in total. The molecule has 0 fully saturated rings. The van der Waals surface area contributed by atoms with Gasteiger partial charge in [-0.2, -0.15) is 4.98 Å². The van der Waals surface area contributed by atoms with E-state index in [0.29, 0.717) is 30.2 Å². The van der Waals surface area contributed by atoms with Gasteiger partial charge in [-0.1, -0.05) is 31.1 Å². The predicted octanol–water partition coefficient (Wildman–Crippen LogP) is 3.18. The van der Waals surface area contributed by atoms with Gasteiger partial charge in [0, 0.05) is 12.0 Å². The van der Waals surface area contributed by atoms with Gasteiger partial charge in [-0.05, 0) is 36.9 Å². The summed E-state index contributed by atoms with van der Waals surface area (Å²) >= 11 is 0. The zero-order chi connectivity index (χ0) is 14.6. The quantitative estimate of drug-likeness (QED) is 0.880. The Balaban J connectivity index is 2.03. The lowest BCUT2D eigenvalue weighted by Gasteiger charge is -2.22. The van der Waals surface area contributed by atoms with Gasteiger partial charge in [0.25, 0.3) is 0 Å². The van der Waals surface area contributed by atoms with Crippen molar-refractivity contribution in [2.45, 2.75) is 33.1 Å². The fourth-order valence-corrected chi connectivity index (χ4v) is 2.06. The lowest BCUT2D eigenvalue weighted by atomic mass is 9.84. The molecule has 1 aromatic heterocycles. The van der Waals surface area contributed by atoms with Gasteiger partial charge in [-0.3, -0.25) is 0 Å². The SMILES string of the molecule is CC(C)(CCN)CCc1nc(-c2cccc(F)c2)no1. The predicted molar refractivity (Wildman–Crippen MR) is 75.5 cm³/mol. The highest BCUT2D eigenvalue weighted by atomic mass is 19.1. The van der Waals surface area contributed by atoms with Crippen LogP contribution in [0.1, 0.15) is 32.6 Å². The van der Waals surface area contributed by atoms with Crippen molar-refractivity contribution in [3.8, 4) is 11.4 Å². The van der Waals surface area contributed by atoms with Gasteiger partial charge in [0.2, 0.25) is 11.7 Å². The van der Waals surface area contributed by atoms with Crippen LogP contribution in [0.2, 0.25) is 0 Å². The van der Waals surface area contributed by atoms with Gasteiger partial charge in [0.15, 0.2) is 0 Å². The van der Waals surface area contributed by atoms with E-state index in [1.807, 2.05) is 0 Å². The van der Waals surface area contributed by atoms with Crippen molar-refractivity contribution in [3.05, 3.63) is 36.0 Å². The molecule has 0 aliphatic rings. The van der Waals surface area contributed by atoms with Crippen molar-refractivity contribution in [3.63, 3.8) is 0 Å². The molecule has 1 aromatic carbocycles. The first-order valence-electron chi connectivity index (χ1n) is 6.79. The second-order valence-corrected chi connectivity index (χ2v) is 5.72. The van der Waals surface area contributed by atoms with E-state index in [4.69, 9.17) is 10.3 Å². The fourth-order valence-electron chi connectivity index (χ4n) is 2.06. The second-order valence-electron chi connectivity index (χ2n) is 5.72. The lowest BCUT2D eigenvalue weighted by Crippen LogP contribution is -2.17. The summed E-state index contributed by atoms with van der Waals surface area (Å²) in [6.07, 6.45) is 2.59. The Labute approximate surface area is 118 Å². The number of nitrogens with zero attached hydrogens (tertiary/aromatic N) is 2. The van der Waals surface area contributed by atoms with Gasteiger partial charge in [-0.15, -0.1) is 0 Å². The Bertz CT molecular complexity index is 566. The number of aromatic nitrogens is 2. The Morgan fingerprint density at radius 1 is 1.30 bits per heavy atom. The summed E-state index contributed by atoms with van der Waals surface area (Å²) in [5.41, 5.74) is 6.37. The summed E-state index contributed by atoms with van der Waals surface area (Å²) in [5, 5.41) is 3.90. The van der Waals surface area contributed by atoms with E-state index in [0.717, 1.165) is 12.8 Å². The van der Waals surface area contributed by atoms with Crippen LogP contribution in [0.15, 0.2) is 28.8 Å². The second kappa shape index (κ2) is 6.13. The zero-order valence-electron chi connectivity index (χ0n) is 11.9. The first kappa shape index (κ1) is 14.7. The van der Waals surface area contributed by atoms with Crippen LogP contribution in [0.25, 0.3) is 11.4 Å². The number of hydrogen-bond acceptors (Lipinski definition) is 4. The molecule has 0 amide bonds. The van der Waals surface area contributed by atoms with Crippen molar-refractivity contribution >= 4 is 0 Å². The minimum atomic E-state index is -0.307. The molecule has 0 saturated heterocycles. The molecule has 2 aromatic rings. The van der Waals surface area contributed by atoms with Crippen LogP contribution in [0.4, 0.5) is 4.39 Å². The zero-order valence-corrected chi connectivity index (χ0v) is 11.9. The van der Waals surface area contributed by atoms with Crippen LogP contribution in [0, 0.1) is 11.2 Å². The lowest BCUT2D eigenvalue weighted by molar-refractivity contribution is 0.289. The smallest absolute Gasteiger partial charge is 0.226 e. The van der Waals surface area contributed by atoms with Gasteiger partial charge in [0.1, 0.15) is 5.82 Å². The largest absolute Gasteiger partial charge is 0.339 e. The molecule has 2 N–H and O–H groups in total. The molecule has 5 heteroatoms. The third-order valence-electron chi connectivity index (χ3n) is 3.39. The minimum absolute atomic E-state index is 0.155. The summed E-state index contributed by atoms with van der Waals surface area (Å²) in [5.74, 6) is 0.698. The van der Waals surface area contributed by atoms with Gasteiger partial charge >= 0.3 is 0 Å². The maximum Gasteiger partial charge on any atom is 0.226 e. The van der Waals surface area contributed by atoms with Crippen molar-refractivity contribution in [1.29, 1.82) is 0 Å². The van der Waals surface area contributed by atoms with Crippen LogP contribution < -0.4 is 5.73 Å². The fraction of sp³-hybridized carbons (Fsp3) is 0.467. The van der Waals surface area contributed by atoms with E-state index >= 15 is 0 Å². The molecule has 0 unspecified atom stereocenters. The summed E-state index contributed by atoms with van der Waals surface area (Å²) in [6, 6.07) is 6.17. The van der Waals surface area contributed by atoms with Crippen LogP contribution in [-0.2, 0) is 6.42 Å². The Hall–Kier alpha value is -1.75. The van der Waals surface area contributed by atoms with Crippen molar-refractivity contribution < 1.29 is 8.91 Å². The van der Waals surface area contributed by atoms with E-state index < -0.39 is 0 Å². The molecule has 1 heterocycles. The van der Waals surface area contributed by atoms with Crippen molar-refractivity contribution in [2.24, 2.45) is 11.1 Å². The van der Waals surface area contributed by atoms with Crippen LogP contribution >= 0.6 is 0 Å². The van der Waals surface area contributed by atoms with Crippen LogP contribution in [0.3, 0.4) is 0 Å². The first-order valence-corrected chi connectivity index (χ1v) is 6.79. The summed E-state index contributed by atoms with van der Waals surface area (Å²) in [7, 11) is 0. The van der Waals surface area contributed by atoms with E-state index in [1.54, 1.807) is 12.1 Å². The molecule has 0 radical (unpaired) electrons. The Kier molecular flexibility index (Phi) is 4.49.